The first-order valence-electron chi connectivity index (χ1n) is 9.78. The summed E-state index contributed by atoms with van der Waals surface area (Å²) in [6.07, 6.45) is 8.97. The Morgan fingerprint density at radius 3 is 2.71 bits per heavy atom. The maximum atomic E-state index is 12.7. The Bertz CT molecular complexity index is 818. The molecule has 0 spiro atoms. The average molecular weight is 426 g/mol. The lowest BCUT2D eigenvalue weighted by Crippen LogP contribution is -2.47. The summed E-state index contributed by atoms with van der Waals surface area (Å²) in [4.78, 5) is 24.0. The van der Waals surface area contributed by atoms with Crippen molar-refractivity contribution in [2.45, 2.75) is 55.2 Å². The van der Waals surface area contributed by atoms with Gasteiger partial charge in [0.05, 0.1) is 0 Å². The number of rotatable bonds is 7. The van der Waals surface area contributed by atoms with Crippen molar-refractivity contribution >= 4 is 33.2 Å². The molecule has 0 saturated carbocycles. The van der Waals surface area contributed by atoms with E-state index in [0.29, 0.717) is 23.7 Å². The van der Waals surface area contributed by atoms with Crippen LogP contribution in [0.2, 0.25) is 0 Å². The number of nitrogens with one attached hydrogen (secondary N) is 2. The fourth-order valence-corrected chi connectivity index (χ4v) is 6.51. The number of sulfonamides is 1. The molecular formula is C19H27N3O4S2. The van der Waals surface area contributed by atoms with Crippen LogP contribution in [0.15, 0.2) is 33.4 Å². The van der Waals surface area contributed by atoms with Crippen LogP contribution in [0, 0.1) is 0 Å². The molecule has 9 heteroatoms. The van der Waals surface area contributed by atoms with E-state index in [1.807, 2.05) is 0 Å². The summed E-state index contributed by atoms with van der Waals surface area (Å²) in [5.74, 6) is -1.37. The van der Waals surface area contributed by atoms with E-state index in [1.54, 1.807) is 17.5 Å². The van der Waals surface area contributed by atoms with Gasteiger partial charge in [0.25, 0.3) is 10.0 Å². The van der Waals surface area contributed by atoms with Crippen molar-refractivity contribution in [2.24, 2.45) is 0 Å². The van der Waals surface area contributed by atoms with Crippen molar-refractivity contribution in [3.63, 3.8) is 0 Å². The summed E-state index contributed by atoms with van der Waals surface area (Å²) in [5.41, 5.74) is 1.34. The predicted molar refractivity (Wildman–Crippen MR) is 108 cm³/mol. The van der Waals surface area contributed by atoms with Crippen LogP contribution in [0.4, 0.5) is 0 Å². The van der Waals surface area contributed by atoms with E-state index in [1.165, 1.54) is 34.1 Å². The highest BCUT2D eigenvalue weighted by molar-refractivity contribution is 7.91. The summed E-state index contributed by atoms with van der Waals surface area (Å²) in [6.45, 7) is 1.02. The van der Waals surface area contributed by atoms with Crippen molar-refractivity contribution < 1.29 is 18.0 Å². The topological polar surface area (TPSA) is 95.6 Å². The van der Waals surface area contributed by atoms with Crippen LogP contribution in [-0.2, 0) is 19.6 Å². The molecule has 0 unspecified atom stereocenters. The van der Waals surface area contributed by atoms with E-state index in [-0.39, 0.29) is 12.6 Å². The van der Waals surface area contributed by atoms with E-state index < -0.39 is 21.8 Å². The Kier molecular flexibility index (Phi) is 7.25. The number of nitrogens with zero attached hydrogens (tertiary/aromatic N) is 1. The minimum Gasteiger partial charge on any atom is -0.348 e. The monoisotopic (exact) mass is 425 g/mol. The van der Waals surface area contributed by atoms with Crippen molar-refractivity contribution in [3.05, 3.63) is 29.2 Å². The Morgan fingerprint density at radius 2 is 2.00 bits per heavy atom. The van der Waals surface area contributed by atoms with Gasteiger partial charge in [0.15, 0.2) is 0 Å². The molecule has 1 aliphatic heterocycles. The highest BCUT2D eigenvalue weighted by Crippen LogP contribution is 2.28. The van der Waals surface area contributed by atoms with Crippen LogP contribution in [0.3, 0.4) is 0 Å². The number of hydrogen-bond acceptors (Lipinski definition) is 5. The van der Waals surface area contributed by atoms with Crippen LogP contribution in [-0.4, -0.2) is 50.2 Å². The normalized spacial score (nSPS) is 20.6. The maximum Gasteiger partial charge on any atom is 0.309 e. The summed E-state index contributed by atoms with van der Waals surface area (Å²) >= 11 is 1.18. The third-order valence-corrected chi connectivity index (χ3v) is 8.53. The number of carbonyl (C=O) groups excluding carboxylic acids is 2. The van der Waals surface area contributed by atoms with E-state index in [9.17, 15) is 18.0 Å². The molecule has 154 valence electrons. The molecule has 1 saturated heterocycles. The second kappa shape index (κ2) is 9.67. The van der Waals surface area contributed by atoms with Crippen LogP contribution >= 0.6 is 11.3 Å². The van der Waals surface area contributed by atoms with Crippen molar-refractivity contribution in [2.75, 3.05) is 19.6 Å². The minimum atomic E-state index is -3.55. The molecule has 0 radical (unpaired) electrons. The van der Waals surface area contributed by atoms with E-state index >= 15 is 0 Å². The molecule has 2 N–H and O–H groups in total. The Morgan fingerprint density at radius 1 is 1.18 bits per heavy atom. The third-order valence-electron chi connectivity index (χ3n) is 5.20. The number of allylic oxidation sites excluding steroid dienone is 1. The fourth-order valence-electron chi connectivity index (χ4n) is 3.69. The smallest absolute Gasteiger partial charge is 0.309 e. The van der Waals surface area contributed by atoms with Crippen LogP contribution in [0.1, 0.15) is 44.9 Å². The number of hydrogen-bond donors (Lipinski definition) is 2. The quantitative estimate of drug-likeness (QED) is 0.516. The molecule has 1 aliphatic carbocycles. The SMILES string of the molecule is O=C(NCCC1=CCCCC1)C(=O)NC[C@H]1CCCN1S(=O)(=O)c1cccs1. The molecule has 7 nitrogen and oxygen atoms in total. The summed E-state index contributed by atoms with van der Waals surface area (Å²) in [5, 5.41) is 6.97. The third kappa shape index (κ3) is 5.21. The summed E-state index contributed by atoms with van der Waals surface area (Å²) in [6, 6.07) is 2.97. The van der Waals surface area contributed by atoms with Gasteiger partial charge in [0.1, 0.15) is 4.21 Å². The van der Waals surface area contributed by atoms with Crippen LogP contribution in [0.5, 0.6) is 0 Å². The zero-order valence-electron chi connectivity index (χ0n) is 15.9. The summed E-state index contributed by atoms with van der Waals surface area (Å²) in [7, 11) is -3.55. The molecule has 3 rings (SSSR count). The Labute approximate surface area is 170 Å². The number of carbonyl (C=O) groups is 2. The number of thiophene rings is 1. The second-order valence-corrected chi connectivity index (χ2v) is 10.2. The maximum absolute atomic E-state index is 12.7. The van der Waals surface area contributed by atoms with Gasteiger partial charge in [-0.3, -0.25) is 9.59 Å². The van der Waals surface area contributed by atoms with E-state index in [0.717, 1.165) is 25.7 Å². The standard InChI is InChI=1S/C19H27N3O4S2/c23-18(20-11-10-15-6-2-1-3-7-15)19(24)21-14-16-8-4-12-22(16)28(25,26)17-9-5-13-27-17/h5-6,9,13,16H,1-4,7-8,10-12,14H2,(H,20,23)(H,21,24)/t16-/m1/s1. The van der Waals surface area contributed by atoms with Gasteiger partial charge in [0.2, 0.25) is 0 Å². The van der Waals surface area contributed by atoms with Gasteiger partial charge >= 0.3 is 11.8 Å². The van der Waals surface area contributed by atoms with E-state index in [2.05, 4.69) is 16.7 Å². The zero-order chi connectivity index (χ0) is 20.0. The second-order valence-electron chi connectivity index (χ2n) is 7.17. The van der Waals surface area contributed by atoms with Gasteiger partial charge in [0, 0.05) is 25.7 Å². The van der Waals surface area contributed by atoms with Crippen molar-refractivity contribution in [3.8, 4) is 0 Å². The van der Waals surface area contributed by atoms with Crippen LogP contribution in [0.25, 0.3) is 0 Å². The molecule has 28 heavy (non-hydrogen) atoms. The molecule has 2 heterocycles. The highest BCUT2D eigenvalue weighted by Gasteiger charge is 2.36. The average Bonchev–Trinajstić information content (AvgIpc) is 3.39. The van der Waals surface area contributed by atoms with Gasteiger partial charge in [-0.2, -0.15) is 4.31 Å². The first kappa shape index (κ1) is 21.0. The first-order chi connectivity index (χ1) is 13.5. The minimum absolute atomic E-state index is 0.141. The molecular weight excluding hydrogens is 398 g/mol. The van der Waals surface area contributed by atoms with Gasteiger partial charge in [-0.1, -0.05) is 17.7 Å². The fraction of sp³-hybridized carbons (Fsp3) is 0.579. The lowest BCUT2D eigenvalue weighted by atomic mass is 9.97. The van der Waals surface area contributed by atoms with Crippen molar-refractivity contribution in [1.29, 1.82) is 0 Å². The molecule has 1 fully saturated rings. The van der Waals surface area contributed by atoms with E-state index in [4.69, 9.17) is 0 Å². The number of amides is 2. The molecule has 1 atom stereocenters. The lowest BCUT2D eigenvalue weighted by Gasteiger charge is -2.23. The lowest BCUT2D eigenvalue weighted by molar-refractivity contribution is -0.139. The molecule has 2 aliphatic rings. The van der Waals surface area contributed by atoms with Gasteiger partial charge in [-0.15, -0.1) is 11.3 Å². The van der Waals surface area contributed by atoms with Crippen LogP contribution < -0.4 is 10.6 Å². The largest absolute Gasteiger partial charge is 0.348 e. The van der Waals surface area contributed by atoms with Gasteiger partial charge < -0.3 is 10.6 Å². The van der Waals surface area contributed by atoms with Gasteiger partial charge in [-0.05, 0) is 56.4 Å². The first-order valence-corrected chi connectivity index (χ1v) is 12.1. The summed E-state index contributed by atoms with van der Waals surface area (Å²) < 4.78 is 27.2. The Balaban J connectivity index is 1.45. The molecule has 1 aromatic heterocycles. The van der Waals surface area contributed by atoms with Gasteiger partial charge in [-0.25, -0.2) is 8.42 Å². The highest BCUT2D eigenvalue weighted by atomic mass is 32.2. The molecule has 0 aromatic carbocycles. The predicted octanol–water partition coefficient (Wildman–Crippen LogP) is 2.02. The molecule has 0 bridgehead atoms. The molecule has 1 aromatic rings. The Hall–Kier alpha value is -1.71. The molecule has 2 amide bonds. The van der Waals surface area contributed by atoms with Crippen molar-refractivity contribution in [1.82, 2.24) is 14.9 Å². The zero-order valence-corrected chi connectivity index (χ0v) is 17.5.